The van der Waals surface area contributed by atoms with Crippen LogP contribution in [-0.2, 0) is 16.0 Å². The van der Waals surface area contributed by atoms with Crippen LogP contribution < -0.4 is 0 Å². The molecule has 4 heteroatoms. The Morgan fingerprint density at radius 3 is 2.30 bits per heavy atom. The first kappa shape index (κ1) is 15.8. The Morgan fingerprint density at radius 1 is 1.20 bits per heavy atom. The number of hydrogen-bond donors (Lipinski definition) is 0. The van der Waals surface area contributed by atoms with Crippen LogP contribution in [0.2, 0.25) is 0 Å². The normalized spacial score (nSPS) is 11.0. The van der Waals surface area contributed by atoms with E-state index < -0.39 is 6.17 Å². The van der Waals surface area contributed by atoms with Crippen molar-refractivity contribution in [3.05, 3.63) is 46.0 Å². The molecule has 4 nitrogen and oxygen atoms in total. The van der Waals surface area contributed by atoms with E-state index >= 15 is 0 Å². The summed E-state index contributed by atoms with van der Waals surface area (Å²) in [5.74, 6) is 0. The number of hydrogen-bond acceptors (Lipinski definition) is 4. The first-order valence-corrected chi connectivity index (χ1v) is 6.37. The molecule has 0 aliphatic rings. The third-order valence-electron chi connectivity index (χ3n) is 2.96. The highest BCUT2D eigenvalue weighted by atomic mass is 16.1. The Bertz CT molecular complexity index is 598. The first-order valence-electron chi connectivity index (χ1n) is 6.37. The van der Waals surface area contributed by atoms with Crippen molar-refractivity contribution in [2.45, 2.75) is 40.3 Å². The van der Waals surface area contributed by atoms with E-state index in [-0.39, 0.29) is 0 Å². The number of nitrogens with zero attached hydrogens (tertiary/aromatic N) is 2. The van der Waals surface area contributed by atoms with Crippen molar-refractivity contribution in [3.63, 3.8) is 0 Å². The maximum Gasteiger partial charge on any atom is 0.237 e. The molecule has 0 bridgehead atoms. The van der Waals surface area contributed by atoms with E-state index in [9.17, 15) is 9.59 Å². The lowest BCUT2D eigenvalue weighted by atomic mass is 9.94. The molecule has 0 aliphatic heterocycles. The molecular formula is C16H18N2O2. The lowest BCUT2D eigenvalue weighted by Crippen LogP contribution is -2.02. The molecule has 1 aromatic rings. The minimum Gasteiger partial charge on any atom is -0.211 e. The van der Waals surface area contributed by atoms with Crippen molar-refractivity contribution in [1.82, 2.24) is 0 Å². The van der Waals surface area contributed by atoms with Crippen molar-refractivity contribution in [2.75, 3.05) is 0 Å². The average molecular weight is 270 g/mol. The second-order valence-corrected chi connectivity index (χ2v) is 4.95. The number of benzene rings is 1. The van der Waals surface area contributed by atoms with Crippen molar-refractivity contribution in [1.29, 1.82) is 0 Å². The smallest absolute Gasteiger partial charge is 0.211 e. The van der Waals surface area contributed by atoms with Crippen LogP contribution >= 0.6 is 0 Å². The van der Waals surface area contributed by atoms with Gasteiger partial charge in [-0.1, -0.05) is 29.3 Å². The van der Waals surface area contributed by atoms with Gasteiger partial charge in [0.15, 0.2) is 6.17 Å². The summed E-state index contributed by atoms with van der Waals surface area (Å²) in [4.78, 5) is 28.3. The van der Waals surface area contributed by atoms with E-state index in [0.29, 0.717) is 6.42 Å². The van der Waals surface area contributed by atoms with Gasteiger partial charge in [0.05, 0.1) is 0 Å². The van der Waals surface area contributed by atoms with Crippen molar-refractivity contribution in [3.8, 4) is 0 Å². The lowest BCUT2D eigenvalue weighted by molar-refractivity contribution is 0.551. The molecule has 0 fully saturated rings. The van der Waals surface area contributed by atoms with E-state index in [1.54, 1.807) is 0 Å². The molecule has 0 saturated carbocycles. The van der Waals surface area contributed by atoms with E-state index in [1.165, 1.54) is 17.7 Å². The van der Waals surface area contributed by atoms with Crippen molar-refractivity contribution >= 4 is 12.2 Å². The quantitative estimate of drug-likeness (QED) is 0.467. The van der Waals surface area contributed by atoms with Crippen LogP contribution in [-0.4, -0.2) is 12.2 Å². The number of isocyanates is 2. The van der Waals surface area contributed by atoms with Crippen molar-refractivity contribution < 1.29 is 9.59 Å². The van der Waals surface area contributed by atoms with Crippen LogP contribution in [0, 0.1) is 13.8 Å². The minimum atomic E-state index is -0.855. The molecule has 0 unspecified atom stereocenters. The molecule has 0 aliphatic carbocycles. The van der Waals surface area contributed by atoms with E-state index in [1.807, 2.05) is 39.8 Å². The van der Waals surface area contributed by atoms with Gasteiger partial charge in [-0.2, -0.15) is 9.98 Å². The largest absolute Gasteiger partial charge is 0.237 e. The third kappa shape index (κ3) is 4.13. The standard InChI is InChI=1S/C16H18N2O2/c1-11(2)5-6-14-8-12(3)7-13(4)15(14)16(17-9-19)18-10-20/h5,7-8,16H,6H2,1-4H3. The Kier molecular flexibility index (Phi) is 5.79. The van der Waals surface area contributed by atoms with E-state index in [2.05, 4.69) is 16.1 Å². The minimum absolute atomic E-state index is 0.708. The van der Waals surface area contributed by atoms with Gasteiger partial charge in [0.25, 0.3) is 0 Å². The second-order valence-electron chi connectivity index (χ2n) is 4.95. The van der Waals surface area contributed by atoms with Crippen LogP contribution in [0.3, 0.4) is 0 Å². The van der Waals surface area contributed by atoms with Gasteiger partial charge < -0.3 is 0 Å². The Balaban J connectivity index is 3.44. The zero-order valence-electron chi connectivity index (χ0n) is 12.2. The summed E-state index contributed by atoms with van der Waals surface area (Å²) in [7, 11) is 0. The number of aryl methyl sites for hydroxylation is 2. The Morgan fingerprint density at radius 2 is 1.80 bits per heavy atom. The number of aliphatic imine (C=N–C) groups is 2. The van der Waals surface area contributed by atoms with Gasteiger partial charge in [0, 0.05) is 5.56 Å². The number of carbonyl (C=O) groups excluding carboxylic acids is 2. The molecule has 0 aromatic heterocycles. The Hall–Kier alpha value is -2.28. The summed E-state index contributed by atoms with van der Waals surface area (Å²) in [5, 5.41) is 0. The number of rotatable bonds is 5. The molecule has 0 heterocycles. The molecule has 0 spiro atoms. The topological polar surface area (TPSA) is 58.9 Å². The Labute approximate surface area is 119 Å². The van der Waals surface area contributed by atoms with Crippen LogP contribution in [0.1, 0.15) is 42.3 Å². The molecular weight excluding hydrogens is 252 g/mol. The van der Waals surface area contributed by atoms with Gasteiger partial charge in [-0.15, -0.1) is 0 Å². The first-order chi connectivity index (χ1) is 9.49. The molecule has 1 aromatic carbocycles. The fourth-order valence-electron chi connectivity index (χ4n) is 2.18. The van der Waals surface area contributed by atoms with E-state index in [0.717, 1.165) is 22.3 Å². The second kappa shape index (κ2) is 7.34. The summed E-state index contributed by atoms with van der Waals surface area (Å²) < 4.78 is 0. The summed E-state index contributed by atoms with van der Waals surface area (Å²) >= 11 is 0. The van der Waals surface area contributed by atoms with Crippen LogP contribution in [0.5, 0.6) is 0 Å². The molecule has 1 rings (SSSR count). The molecule has 0 N–H and O–H groups in total. The predicted octanol–water partition coefficient (Wildman–Crippen LogP) is 3.48. The fraction of sp³-hybridized carbons (Fsp3) is 0.375. The molecule has 104 valence electrons. The fourth-order valence-corrected chi connectivity index (χ4v) is 2.18. The molecule has 0 amide bonds. The average Bonchev–Trinajstić information content (AvgIpc) is 2.35. The highest BCUT2D eigenvalue weighted by Gasteiger charge is 2.16. The maximum absolute atomic E-state index is 10.5. The van der Waals surface area contributed by atoms with Crippen molar-refractivity contribution in [2.24, 2.45) is 9.98 Å². The van der Waals surface area contributed by atoms with Crippen LogP contribution in [0.15, 0.2) is 33.8 Å². The van der Waals surface area contributed by atoms with Gasteiger partial charge in [-0.05, 0) is 45.2 Å². The summed E-state index contributed by atoms with van der Waals surface area (Å²) in [5.41, 5.74) is 5.05. The highest BCUT2D eigenvalue weighted by Crippen LogP contribution is 2.28. The van der Waals surface area contributed by atoms with E-state index in [4.69, 9.17) is 0 Å². The molecule has 0 saturated heterocycles. The molecule has 20 heavy (non-hydrogen) atoms. The SMILES string of the molecule is CC(C)=CCc1cc(C)cc(C)c1C(N=C=O)N=C=O. The van der Waals surface area contributed by atoms with Gasteiger partial charge in [-0.3, -0.25) is 0 Å². The summed E-state index contributed by atoms with van der Waals surface area (Å²) in [6.45, 7) is 7.96. The monoisotopic (exact) mass is 270 g/mol. The van der Waals surface area contributed by atoms with Crippen LogP contribution in [0.25, 0.3) is 0 Å². The van der Waals surface area contributed by atoms with Gasteiger partial charge in [-0.25, -0.2) is 9.59 Å². The van der Waals surface area contributed by atoms with Gasteiger partial charge in [0.1, 0.15) is 0 Å². The molecule has 0 radical (unpaired) electrons. The van der Waals surface area contributed by atoms with Crippen LogP contribution in [0.4, 0.5) is 0 Å². The molecule has 0 atom stereocenters. The maximum atomic E-state index is 10.5. The predicted molar refractivity (Wildman–Crippen MR) is 78.0 cm³/mol. The van der Waals surface area contributed by atoms with Gasteiger partial charge in [0.2, 0.25) is 12.2 Å². The lowest BCUT2D eigenvalue weighted by Gasteiger charge is -2.15. The number of allylic oxidation sites excluding steroid dienone is 2. The zero-order valence-corrected chi connectivity index (χ0v) is 12.2. The third-order valence-corrected chi connectivity index (χ3v) is 2.96. The summed E-state index contributed by atoms with van der Waals surface area (Å²) in [6, 6.07) is 4.00. The zero-order chi connectivity index (χ0) is 15.1. The highest BCUT2D eigenvalue weighted by molar-refractivity contribution is 5.46. The van der Waals surface area contributed by atoms with Gasteiger partial charge >= 0.3 is 0 Å². The summed E-state index contributed by atoms with van der Waals surface area (Å²) in [6.07, 6.45) is 4.88.